The highest BCUT2D eigenvalue weighted by Gasteiger charge is 2.38. The summed E-state index contributed by atoms with van der Waals surface area (Å²) in [7, 11) is 0. The summed E-state index contributed by atoms with van der Waals surface area (Å²) in [6.07, 6.45) is 7.83. The largest absolute Gasteiger partial charge is 0.382 e. The van der Waals surface area contributed by atoms with Crippen LogP contribution in [0.15, 0.2) is 18.2 Å². The molecule has 1 aromatic carbocycles. The molecule has 146 valence electrons. The molecular formula is C21H28FN3O2. The Hall–Kier alpha value is -2.11. The van der Waals surface area contributed by atoms with Crippen molar-refractivity contribution in [3.8, 4) is 0 Å². The Morgan fingerprint density at radius 1 is 1.11 bits per heavy atom. The Morgan fingerprint density at radius 3 is 2.59 bits per heavy atom. The molecule has 2 amide bonds. The van der Waals surface area contributed by atoms with Crippen LogP contribution >= 0.6 is 0 Å². The lowest BCUT2D eigenvalue weighted by Crippen LogP contribution is -2.39. The number of hydrogen-bond donors (Lipinski definition) is 3. The van der Waals surface area contributed by atoms with Gasteiger partial charge in [-0.1, -0.05) is 19.3 Å². The minimum atomic E-state index is -0.397. The predicted octanol–water partition coefficient (Wildman–Crippen LogP) is 3.67. The molecule has 6 heteroatoms. The smallest absolute Gasteiger partial charge is 0.227 e. The number of rotatable bonds is 5. The van der Waals surface area contributed by atoms with Crippen molar-refractivity contribution < 1.29 is 14.0 Å². The molecule has 0 spiro atoms. The van der Waals surface area contributed by atoms with E-state index in [4.69, 9.17) is 0 Å². The average Bonchev–Trinajstić information content (AvgIpc) is 3.07. The van der Waals surface area contributed by atoms with Gasteiger partial charge in [-0.25, -0.2) is 4.39 Å². The molecule has 0 bridgehead atoms. The second-order valence-electron chi connectivity index (χ2n) is 8.36. The van der Waals surface area contributed by atoms with Gasteiger partial charge in [0.05, 0.1) is 5.69 Å². The third-order valence-corrected chi connectivity index (χ3v) is 6.42. The van der Waals surface area contributed by atoms with Gasteiger partial charge in [0.15, 0.2) is 0 Å². The quantitative estimate of drug-likeness (QED) is 0.737. The van der Waals surface area contributed by atoms with Crippen LogP contribution in [-0.4, -0.2) is 24.4 Å². The van der Waals surface area contributed by atoms with Crippen LogP contribution in [0.25, 0.3) is 0 Å². The first-order valence-corrected chi connectivity index (χ1v) is 10.2. The molecule has 27 heavy (non-hydrogen) atoms. The number of hydrogen-bond acceptors (Lipinski definition) is 3. The fraction of sp³-hybridized carbons (Fsp3) is 0.619. The molecular weight excluding hydrogens is 345 g/mol. The predicted molar refractivity (Wildman–Crippen MR) is 103 cm³/mol. The summed E-state index contributed by atoms with van der Waals surface area (Å²) in [6, 6.07) is 5.18. The molecule has 5 nitrogen and oxygen atoms in total. The molecule has 0 radical (unpaired) electrons. The number of carbonyl (C=O) groups is 2. The van der Waals surface area contributed by atoms with Gasteiger partial charge >= 0.3 is 0 Å². The van der Waals surface area contributed by atoms with Crippen molar-refractivity contribution in [3.63, 3.8) is 0 Å². The van der Waals surface area contributed by atoms with E-state index in [1.54, 1.807) is 12.1 Å². The van der Waals surface area contributed by atoms with Gasteiger partial charge in [0.2, 0.25) is 11.8 Å². The highest BCUT2D eigenvalue weighted by molar-refractivity contribution is 5.93. The van der Waals surface area contributed by atoms with Crippen molar-refractivity contribution in [2.45, 2.75) is 57.4 Å². The standard InChI is InChI=1S/C21H28FN3O2/c22-18-7-6-16(11-19(18)25-21(27)13-4-2-1-3-5-13)24-17-8-14(9-17)15-10-20(26)23-12-15/h6-7,11,13-15,17,24H,1-5,8-10,12H2,(H,23,26)(H,25,27). The second kappa shape index (κ2) is 7.87. The molecule has 1 aromatic rings. The molecule has 1 saturated heterocycles. The van der Waals surface area contributed by atoms with Crippen LogP contribution < -0.4 is 16.0 Å². The van der Waals surface area contributed by atoms with Gasteiger partial charge in [0.1, 0.15) is 5.82 Å². The molecule has 4 rings (SSSR count). The van der Waals surface area contributed by atoms with Crippen molar-refractivity contribution in [1.29, 1.82) is 0 Å². The molecule has 1 heterocycles. The van der Waals surface area contributed by atoms with E-state index >= 15 is 0 Å². The van der Waals surface area contributed by atoms with Gasteiger partial charge in [0, 0.05) is 30.6 Å². The number of carbonyl (C=O) groups excluding carboxylic acids is 2. The fourth-order valence-corrected chi connectivity index (χ4v) is 4.67. The van der Waals surface area contributed by atoms with Crippen LogP contribution in [0.4, 0.5) is 15.8 Å². The molecule has 3 aliphatic rings. The Balaban J connectivity index is 1.31. The van der Waals surface area contributed by atoms with Gasteiger partial charge in [-0.05, 0) is 55.7 Å². The highest BCUT2D eigenvalue weighted by Crippen LogP contribution is 2.38. The Labute approximate surface area is 159 Å². The summed E-state index contributed by atoms with van der Waals surface area (Å²) in [5.41, 5.74) is 1.09. The summed E-state index contributed by atoms with van der Waals surface area (Å²) >= 11 is 0. The van der Waals surface area contributed by atoms with Crippen LogP contribution in [0, 0.1) is 23.6 Å². The van der Waals surface area contributed by atoms with E-state index in [0.717, 1.165) is 50.8 Å². The van der Waals surface area contributed by atoms with Crippen molar-refractivity contribution in [2.75, 3.05) is 17.2 Å². The summed E-state index contributed by atoms with van der Waals surface area (Å²) in [6.45, 7) is 0.796. The Bertz CT molecular complexity index is 711. The van der Waals surface area contributed by atoms with Crippen LogP contribution in [0.1, 0.15) is 51.4 Å². The van der Waals surface area contributed by atoms with Crippen LogP contribution in [0.5, 0.6) is 0 Å². The zero-order valence-electron chi connectivity index (χ0n) is 15.6. The molecule has 1 atom stereocenters. The third-order valence-electron chi connectivity index (χ3n) is 6.42. The normalized spacial score (nSPS) is 28.3. The fourth-order valence-electron chi connectivity index (χ4n) is 4.67. The number of anilines is 2. The topological polar surface area (TPSA) is 70.2 Å². The number of benzene rings is 1. The van der Waals surface area contributed by atoms with E-state index in [1.165, 1.54) is 12.5 Å². The van der Waals surface area contributed by atoms with Gasteiger partial charge in [-0.3, -0.25) is 9.59 Å². The van der Waals surface area contributed by atoms with Gasteiger partial charge in [0.25, 0.3) is 0 Å². The van der Waals surface area contributed by atoms with Crippen molar-refractivity contribution in [2.24, 2.45) is 17.8 Å². The zero-order chi connectivity index (χ0) is 18.8. The molecule has 0 aromatic heterocycles. The van der Waals surface area contributed by atoms with E-state index in [0.29, 0.717) is 24.3 Å². The minimum absolute atomic E-state index is 0.00453. The maximum Gasteiger partial charge on any atom is 0.227 e. The number of nitrogens with one attached hydrogen (secondary N) is 3. The van der Waals surface area contributed by atoms with Crippen molar-refractivity contribution in [1.82, 2.24) is 5.32 Å². The summed E-state index contributed by atoms with van der Waals surface area (Å²) in [5, 5.41) is 9.13. The van der Waals surface area contributed by atoms with E-state index in [9.17, 15) is 14.0 Å². The maximum atomic E-state index is 14.2. The van der Waals surface area contributed by atoms with Crippen LogP contribution in [-0.2, 0) is 9.59 Å². The molecule has 1 unspecified atom stereocenters. The molecule has 2 saturated carbocycles. The monoisotopic (exact) mass is 373 g/mol. The first-order valence-electron chi connectivity index (χ1n) is 10.2. The van der Waals surface area contributed by atoms with E-state index in [-0.39, 0.29) is 23.4 Å². The van der Waals surface area contributed by atoms with Gasteiger partial charge < -0.3 is 16.0 Å². The minimum Gasteiger partial charge on any atom is -0.382 e. The van der Waals surface area contributed by atoms with Gasteiger partial charge in [-0.15, -0.1) is 0 Å². The zero-order valence-corrected chi connectivity index (χ0v) is 15.6. The van der Waals surface area contributed by atoms with E-state index in [1.807, 2.05) is 0 Å². The molecule has 1 aliphatic heterocycles. The lowest BCUT2D eigenvalue weighted by molar-refractivity contribution is -0.121. The Kier molecular flexibility index (Phi) is 5.32. The van der Waals surface area contributed by atoms with Crippen molar-refractivity contribution in [3.05, 3.63) is 24.0 Å². The van der Waals surface area contributed by atoms with Gasteiger partial charge in [-0.2, -0.15) is 0 Å². The SMILES string of the molecule is O=C1CC(C2CC(Nc3ccc(F)c(NC(=O)C4CCCCC4)c3)C2)CN1. The third kappa shape index (κ3) is 4.25. The van der Waals surface area contributed by atoms with E-state index in [2.05, 4.69) is 16.0 Å². The highest BCUT2D eigenvalue weighted by atomic mass is 19.1. The molecule has 2 aliphatic carbocycles. The maximum absolute atomic E-state index is 14.2. The van der Waals surface area contributed by atoms with E-state index < -0.39 is 5.82 Å². The second-order valence-corrected chi connectivity index (χ2v) is 8.36. The average molecular weight is 373 g/mol. The number of halogens is 1. The summed E-state index contributed by atoms with van der Waals surface area (Å²) in [4.78, 5) is 23.8. The first-order chi connectivity index (χ1) is 13.1. The first kappa shape index (κ1) is 18.3. The lowest BCUT2D eigenvalue weighted by Gasteiger charge is -2.39. The summed E-state index contributed by atoms with van der Waals surface area (Å²) in [5.74, 6) is 0.735. The lowest BCUT2D eigenvalue weighted by atomic mass is 9.72. The Morgan fingerprint density at radius 2 is 1.89 bits per heavy atom. The summed E-state index contributed by atoms with van der Waals surface area (Å²) < 4.78 is 14.2. The number of amides is 2. The van der Waals surface area contributed by atoms with Crippen molar-refractivity contribution >= 4 is 23.2 Å². The molecule has 3 N–H and O–H groups in total. The molecule has 3 fully saturated rings. The van der Waals surface area contributed by atoms with Crippen LogP contribution in [0.3, 0.4) is 0 Å². The van der Waals surface area contributed by atoms with Crippen LogP contribution in [0.2, 0.25) is 0 Å².